The largest absolute Gasteiger partial charge is 0.314 e. The molecular weight excluding hydrogens is 196 g/mol. The van der Waals surface area contributed by atoms with Crippen LogP contribution in [-0.4, -0.2) is 36.6 Å². The minimum absolute atomic E-state index is 0.672. The zero-order valence-electron chi connectivity index (χ0n) is 11.5. The molecule has 0 saturated carbocycles. The van der Waals surface area contributed by atoms with Crippen LogP contribution in [0.4, 0.5) is 0 Å². The van der Waals surface area contributed by atoms with Crippen LogP contribution in [-0.2, 0) is 0 Å². The second-order valence-electron chi connectivity index (χ2n) is 5.19. The van der Waals surface area contributed by atoms with Crippen LogP contribution >= 0.6 is 0 Å². The zero-order chi connectivity index (χ0) is 11.8. The summed E-state index contributed by atoms with van der Waals surface area (Å²) in [5, 5.41) is 3.51. The number of hydrogen-bond donors (Lipinski definition) is 1. The van der Waals surface area contributed by atoms with Gasteiger partial charge in [-0.15, -0.1) is 0 Å². The molecule has 96 valence electrons. The summed E-state index contributed by atoms with van der Waals surface area (Å²) in [6.07, 6.45) is 8.34. The van der Waals surface area contributed by atoms with Gasteiger partial charge < -0.3 is 10.2 Å². The van der Waals surface area contributed by atoms with Gasteiger partial charge in [0.2, 0.25) is 0 Å². The maximum absolute atomic E-state index is 3.51. The first-order valence-electron chi connectivity index (χ1n) is 7.25. The Bertz CT molecular complexity index is 170. The predicted octanol–water partition coefficient (Wildman–Crippen LogP) is 3.03. The van der Waals surface area contributed by atoms with Gasteiger partial charge in [-0.2, -0.15) is 0 Å². The maximum Gasteiger partial charge on any atom is 0.00926 e. The molecule has 0 aromatic rings. The lowest BCUT2D eigenvalue weighted by Crippen LogP contribution is -2.38. The zero-order valence-corrected chi connectivity index (χ0v) is 11.5. The molecule has 1 aliphatic heterocycles. The molecule has 0 spiro atoms. The van der Waals surface area contributed by atoms with Crippen LogP contribution < -0.4 is 5.32 Å². The van der Waals surface area contributed by atoms with Gasteiger partial charge in [0, 0.05) is 12.1 Å². The van der Waals surface area contributed by atoms with E-state index < -0.39 is 0 Å². The Kier molecular flexibility index (Phi) is 7.06. The Hall–Kier alpha value is -0.0800. The molecular formula is C14H30N2. The lowest BCUT2D eigenvalue weighted by molar-refractivity contribution is 0.186. The first-order valence-corrected chi connectivity index (χ1v) is 7.25. The molecule has 1 heterocycles. The van der Waals surface area contributed by atoms with Gasteiger partial charge in [0.15, 0.2) is 0 Å². The van der Waals surface area contributed by atoms with Crippen LogP contribution in [0.5, 0.6) is 0 Å². The summed E-state index contributed by atoms with van der Waals surface area (Å²) in [6, 6.07) is 1.53. The van der Waals surface area contributed by atoms with E-state index in [9.17, 15) is 0 Å². The number of nitrogens with one attached hydrogen (secondary N) is 1. The normalized spacial score (nSPS) is 25.3. The van der Waals surface area contributed by atoms with E-state index >= 15 is 0 Å². The average molecular weight is 226 g/mol. The predicted molar refractivity (Wildman–Crippen MR) is 71.9 cm³/mol. The molecule has 1 N–H and O–H groups in total. The van der Waals surface area contributed by atoms with E-state index in [-0.39, 0.29) is 0 Å². The van der Waals surface area contributed by atoms with Crippen LogP contribution in [0.1, 0.15) is 59.3 Å². The maximum atomic E-state index is 3.51. The topological polar surface area (TPSA) is 15.3 Å². The molecule has 16 heavy (non-hydrogen) atoms. The van der Waals surface area contributed by atoms with Crippen molar-refractivity contribution in [2.75, 3.05) is 19.6 Å². The van der Waals surface area contributed by atoms with Crippen LogP contribution in [0, 0.1) is 0 Å². The molecule has 1 rings (SSSR count). The fourth-order valence-electron chi connectivity index (χ4n) is 2.80. The molecule has 0 aromatic carbocycles. The molecule has 1 saturated heterocycles. The third-order valence-electron chi connectivity index (χ3n) is 3.87. The van der Waals surface area contributed by atoms with Crippen LogP contribution in [0.2, 0.25) is 0 Å². The molecule has 1 fully saturated rings. The van der Waals surface area contributed by atoms with Gasteiger partial charge in [-0.3, -0.25) is 0 Å². The standard InChI is InChI=1S/C14H30N2/c1-4-14-9-7-6-8-11-16(14)12-10-13(3)15-5-2/h13-15H,4-12H2,1-3H3. The van der Waals surface area contributed by atoms with Crippen molar-refractivity contribution in [1.29, 1.82) is 0 Å². The van der Waals surface area contributed by atoms with Crippen molar-refractivity contribution in [2.24, 2.45) is 0 Å². The van der Waals surface area contributed by atoms with Crippen molar-refractivity contribution in [3.63, 3.8) is 0 Å². The summed E-state index contributed by atoms with van der Waals surface area (Å²) < 4.78 is 0. The quantitative estimate of drug-likeness (QED) is 0.749. The summed E-state index contributed by atoms with van der Waals surface area (Å²) in [4.78, 5) is 2.74. The highest BCUT2D eigenvalue weighted by Crippen LogP contribution is 2.19. The Morgan fingerprint density at radius 2 is 2.06 bits per heavy atom. The van der Waals surface area contributed by atoms with Crippen LogP contribution in [0.25, 0.3) is 0 Å². The van der Waals surface area contributed by atoms with E-state index in [0.29, 0.717) is 6.04 Å². The van der Waals surface area contributed by atoms with Crippen LogP contribution in [0.3, 0.4) is 0 Å². The van der Waals surface area contributed by atoms with Gasteiger partial charge >= 0.3 is 0 Å². The molecule has 0 amide bonds. The summed E-state index contributed by atoms with van der Waals surface area (Å²) in [6.45, 7) is 10.6. The summed E-state index contributed by atoms with van der Waals surface area (Å²) in [7, 11) is 0. The van der Waals surface area contributed by atoms with E-state index in [0.717, 1.165) is 12.6 Å². The number of nitrogens with zero attached hydrogens (tertiary/aromatic N) is 1. The lowest BCUT2D eigenvalue weighted by Gasteiger charge is -2.30. The van der Waals surface area contributed by atoms with Gasteiger partial charge in [0.05, 0.1) is 0 Å². The molecule has 2 unspecified atom stereocenters. The SMILES string of the molecule is CCNC(C)CCN1CCCCCC1CC. The van der Waals surface area contributed by atoms with E-state index in [2.05, 4.69) is 31.0 Å². The Balaban J connectivity index is 2.30. The van der Waals surface area contributed by atoms with Gasteiger partial charge in [-0.05, 0) is 52.2 Å². The summed E-state index contributed by atoms with van der Waals surface area (Å²) in [5.74, 6) is 0. The highest BCUT2D eigenvalue weighted by Gasteiger charge is 2.19. The van der Waals surface area contributed by atoms with Gasteiger partial charge in [0.1, 0.15) is 0 Å². The highest BCUT2D eigenvalue weighted by molar-refractivity contribution is 4.75. The van der Waals surface area contributed by atoms with E-state index in [4.69, 9.17) is 0 Å². The number of hydrogen-bond acceptors (Lipinski definition) is 2. The first kappa shape index (κ1) is 14.0. The lowest BCUT2D eigenvalue weighted by atomic mass is 10.1. The van der Waals surface area contributed by atoms with Crippen molar-refractivity contribution in [2.45, 2.75) is 71.4 Å². The summed E-state index contributed by atoms with van der Waals surface area (Å²) >= 11 is 0. The van der Waals surface area contributed by atoms with E-state index in [1.807, 2.05) is 0 Å². The third kappa shape index (κ3) is 4.84. The van der Waals surface area contributed by atoms with Crippen molar-refractivity contribution in [1.82, 2.24) is 10.2 Å². The molecule has 0 radical (unpaired) electrons. The molecule has 2 atom stereocenters. The Morgan fingerprint density at radius 3 is 2.75 bits per heavy atom. The Labute approximate surface area is 102 Å². The monoisotopic (exact) mass is 226 g/mol. The number of rotatable bonds is 6. The molecule has 0 bridgehead atoms. The third-order valence-corrected chi connectivity index (χ3v) is 3.87. The smallest absolute Gasteiger partial charge is 0.00926 e. The van der Waals surface area contributed by atoms with Crippen molar-refractivity contribution >= 4 is 0 Å². The molecule has 0 aromatic heterocycles. The fraction of sp³-hybridized carbons (Fsp3) is 1.00. The Morgan fingerprint density at radius 1 is 1.25 bits per heavy atom. The number of likely N-dealkylation sites (tertiary alicyclic amines) is 1. The molecule has 1 aliphatic rings. The first-order chi connectivity index (χ1) is 7.77. The van der Waals surface area contributed by atoms with Gasteiger partial charge in [-0.1, -0.05) is 26.7 Å². The molecule has 2 heteroatoms. The minimum atomic E-state index is 0.672. The van der Waals surface area contributed by atoms with Gasteiger partial charge in [0.25, 0.3) is 0 Å². The minimum Gasteiger partial charge on any atom is -0.314 e. The van der Waals surface area contributed by atoms with Crippen molar-refractivity contribution in [3.8, 4) is 0 Å². The molecule has 2 nitrogen and oxygen atoms in total. The fourth-order valence-corrected chi connectivity index (χ4v) is 2.80. The second kappa shape index (κ2) is 8.08. The average Bonchev–Trinajstić information content (AvgIpc) is 2.51. The molecule has 0 aliphatic carbocycles. The van der Waals surface area contributed by atoms with Crippen LogP contribution in [0.15, 0.2) is 0 Å². The van der Waals surface area contributed by atoms with E-state index in [1.165, 1.54) is 51.6 Å². The van der Waals surface area contributed by atoms with Crippen molar-refractivity contribution < 1.29 is 0 Å². The summed E-state index contributed by atoms with van der Waals surface area (Å²) in [5.41, 5.74) is 0. The highest BCUT2D eigenvalue weighted by atomic mass is 15.2. The second-order valence-corrected chi connectivity index (χ2v) is 5.19. The van der Waals surface area contributed by atoms with Crippen molar-refractivity contribution in [3.05, 3.63) is 0 Å². The van der Waals surface area contributed by atoms with Gasteiger partial charge in [-0.25, -0.2) is 0 Å². The van der Waals surface area contributed by atoms with E-state index in [1.54, 1.807) is 0 Å².